The molecule has 22 heavy (non-hydrogen) atoms. The highest BCUT2D eigenvalue weighted by molar-refractivity contribution is 5.64. The molecule has 2 unspecified atom stereocenters. The highest BCUT2D eigenvalue weighted by Gasteiger charge is 2.37. The Morgan fingerprint density at radius 3 is 2.64 bits per heavy atom. The van der Waals surface area contributed by atoms with Crippen molar-refractivity contribution in [3.05, 3.63) is 23.3 Å². The van der Waals surface area contributed by atoms with Gasteiger partial charge in [-0.3, -0.25) is 0 Å². The van der Waals surface area contributed by atoms with Gasteiger partial charge < -0.3 is 9.64 Å². The molecule has 2 aliphatic rings. The number of unbranched alkanes of at least 4 members (excludes halogenated alkanes) is 3. The van der Waals surface area contributed by atoms with Crippen molar-refractivity contribution in [2.45, 2.75) is 84.3 Å². The van der Waals surface area contributed by atoms with E-state index in [9.17, 15) is 0 Å². The van der Waals surface area contributed by atoms with E-state index in [0.717, 1.165) is 5.75 Å². The molecule has 1 saturated carbocycles. The maximum absolute atomic E-state index is 6.39. The van der Waals surface area contributed by atoms with Gasteiger partial charge in [-0.1, -0.05) is 32.6 Å². The average molecular weight is 301 g/mol. The Morgan fingerprint density at radius 1 is 1.05 bits per heavy atom. The number of rotatable bonds is 5. The third-order valence-corrected chi connectivity index (χ3v) is 5.48. The number of benzene rings is 1. The summed E-state index contributed by atoms with van der Waals surface area (Å²) < 4.78 is 6.39. The van der Waals surface area contributed by atoms with Crippen molar-refractivity contribution in [1.29, 1.82) is 0 Å². The third-order valence-electron chi connectivity index (χ3n) is 5.48. The van der Waals surface area contributed by atoms with Crippen LogP contribution in [0.4, 0.5) is 5.69 Å². The Morgan fingerprint density at radius 2 is 1.82 bits per heavy atom. The number of nitrogens with zero attached hydrogens (tertiary/aromatic N) is 1. The standard InChI is InChI=1S/C20H31NO/c1-4-5-6-9-12-21-17-10-7-8-11-19(17)22-20-14-16(3)15(2)13-18(20)21/h13-14,17,19H,4-12H2,1-3H3. The summed E-state index contributed by atoms with van der Waals surface area (Å²) in [4.78, 5) is 2.69. The van der Waals surface area contributed by atoms with Crippen LogP contribution in [0.15, 0.2) is 12.1 Å². The van der Waals surface area contributed by atoms with Crippen molar-refractivity contribution < 1.29 is 4.74 Å². The molecule has 2 atom stereocenters. The quantitative estimate of drug-likeness (QED) is 0.676. The normalized spacial score (nSPS) is 23.7. The van der Waals surface area contributed by atoms with Crippen LogP contribution in [-0.2, 0) is 0 Å². The van der Waals surface area contributed by atoms with Crippen LogP contribution in [0.2, 0.25) is 0 Å². The van der Waals surface area contributed by atoms with E-state index >= 15 is 0 Å². The van der Waals surface area contributed by atoms with Crippen molar-refractivity contribution in [2.24, 2.45) is 0 Å². The van der Waals surface area contributed by atoms with Crippen LogP contribution in [0.5, 0.6) is 5.75 Å². The van der Waals surface area contributed by atoms with E-state index in [0.29, 0.717) is 12.1 Å². The number of hydrogen-bond acceptors (Lipinski definition) is 2. The van der Waals surface area contributed by atoms with Crippen LogP contribution in [0.25, 0.3) is 0 Å². The minimum absolute atomic E-state index is 0.412. The Kier molecular flexibility index (Phi) is 4.95. The lowest BCUT2D eigenvalue weighted by Crippen LogP contribution is -2.51. The SMILES string of the molecule is CCCCCCN1c2cc(C)c(C)cc2OC2CCCCC21. The molecule has 0 spiro atoms. The van der Waals surface area contributed by atoms with E-state index in [2.05, 4.69) is 37.8 Å². The van der Waals surface area contributed by atoms with E-state index in [1.807, 2.05) is 0 Å². The second-order valence-electron chi connectivity index (χ2n) is 7.17. The van der Waals surface area contributed by atoms with E-state index in [-0.39, 0.29) is 0 Å². The van der Waals surface area contributed by atoms with Crippen molar-refractivity contribution in [2.75, 3.05) is 11.4 Å². The van der Waals surface area contributed by atoms with Gasteiger partial charge in [0, 0.05) is 6.54 Å². The Balaban J connectivity index is 1.84. The molecule has 122 valence electrons. The average Bonchev–Trinajstić information content (AvgIpc) is 2.52. The van der Waals surface area contributed by atoms with Gasteiger partial charge in [-0.05, 0) is 62.8 Å². The zero-order valence-electron chi connectivity index (χ0n) is 14.5. The largest absolute Gasteiger partial charge is 0.486 e. The van der Waals surface area contributed by atoms with Gasteiger partial charge >= 0.3 is 0 Å². The number of anilines is 1. The number of ether oxygens (including phenoxy) is 1. The summed E-state index contributed by atoms with van der Waals surface area (Å²) in [6.45, 7) is 7.89. The van der Waals surface area contributed by atoms with Gasteiger partial charge in [-0.25, -0.2) is 0 Å². The molecule has 1 heterocycles. The topological polar surface area (TPSA) is 12.5 Å². The molecule has 3 rings (SSSR count). The Labute approximate surface area is 135 Å². The molecule has 2 nitrogen and oxygen atoms in total. The number of hydrogen-bond donors (Lipinski definition) is 0. The fourth-order valence-corrected chi connectivity index (χ4v) is 4.00. The zero-order chi connectivity index (χ0) is 15.5. The predicted molar refractivity (Wildman–Crippen MR) is 94.1 cm³/mol. The van der Waals surface area contributed by atoms with Crippen LogP contribution in [0, 0.1) is 13.8 Å². The van der Waals surface area contributed by atoms with Gasteiger partial charge in [0.25, 0.3) is 0 Å². The van der Waals surface area contributed by atoms with Crippen molar-refractivity contribution in [1.82, 2.24) is 0 Å². The van der Waals surface area contributed by atoms with Gasteiger partial charge in [0.05, 0.1) is 11.7 Å². The van der Waals surface area contributed by atoms with Gasteiger partial charge in [0.1, 0.15) is 11.9 Å². The van der Waals surface area contributed by atoms with Gasteiger partial charge in [-0.2, -0.15) is 0 Å². The van der Waals surface area contributed by atoms with E-state index < -0.39 is 0 Å². The monoisotopic (exact) mass is 301 g/mol. The number of fused-ring (bicyclic) bond motifs is 2. The molecule has 1 aliphatic heterocycles. The van der Waals surface area contributed by atoms with Gasteiger partial charge in [0.15, 0.2) is 0 Å². The lowest BCUT2D eigenvalue weighted by molar-refractivity contribution is 0.113. The molecule has 2 heteroatoms. The minimum atomic E-state index is 0.412. The minimum Gasteiger partial charge on any atom is -0.486 e. The number of aryl methyl sites for hydroxylation is 2. The first-order valence-corrected chi connectivity index (χ1v) is 9.25. The summed E-state index contributed by atoms with van der Waals surface area (Å²) >= 11 is 0. The van der Waals surface area contributed by atoms with E-state index in [1.165, 1.54) is 74.7 Å². The molecule has 0 N–H and O–H groups in total. The Bertz CT molecular complexity index is 511. The first kappa shape index (κ1) is 15.7. The summed E-state index contributed by atoms with van der Waals surface area (Å²) in [5.41, 5.74) is 4.08. The first-order chi connectivity index (χ1) is 10.7. The maximum atomic E-state index is 6.39. The van der Waals surface area contributed by atoms with Crippen LogP contribution >= 0.6 is 0 Å². The zero-order valence-corrected chi connectivity index (χ0v) is 14.5. The molecular formula is C20H31NO. The summed E-state index contributed by atoms with van der Waals surface area (Å²) in [6, 6.07) is 5.22. The fraction of sp³-hybridized carbons (Fsp3) is 0.700. The van der Waals surface area contributed by atoms with E-state index in [1.54, 1.807) is 0 Å². The summed E-state index contributed by atoms with van der Waals surface area (Å²) in [5, 5.41) is 0. The molecule has 0 amide bonds. The summed E-state index contributed by atoms with van der Waals surface area (Å²) in [7, 11) is 0. The maximum Gasteiger partial charge on any atom is 0.143 e. The molecule has 1 aromatic rings. The van der Waals surface area contributed by atoms with Crippen molar-refractivity contribution in [3.63, 3.8) is 0 Å². The molecule has 1 fully saturated rings. The fourth-order valence-electron chi connectivity index (χ4n) is 4.00. The second-order valence-corrected chi connectivity index (χ2v) is 7.17. The second kappa shape index (κ2) is 6.93. The molecule has 0 aromatic heterocycles. The predicted octanol–water partition coefficient (Wildman–Crippen LogP) is 5.39. The lowest BCUT2D eigenvalue weighted by atomic mass is 9.88. The van der Waals surface area contributed by atoms with Crippen LogP contribution in [-0.4, -0.2) is 18.7 Å². The molecule has 0 bridgehead atoms. The van der Waals surface area contributed by atoms with Crippen LogP contribution < -0.4 is 9.64 Å². The van der Waals surface area contributed by atoms with E-state index in [4.69, 9.17) is 4.74 Å². The van der Waals surface area contributed by atoms with Crippen LogP contribution in [0.1, 0.15) is 69.4 Å². The Hall–Kier alpha value is -1.18. The molecule has 1 aromatic carbocycles. The van der Waals surface area contributed by atoms with Crippen molar-refractivity contribution in [3.8, 4) is 5.75 Å². The first-order valence-electron chi connectivity index (χ1n) is 9.25. The third kappa shape index (κ3) is 3.11. The summed E-state index contributed by atoms with van der Waals surface area (Å²) in [5.74, 6) is 1.13. The molecule has 1 aliphatic carbocycles. The molecular weight excluding hydrogens is 270 g/mol. The lowest BCUT2D eigenvalue weighted by Gasteiger charge is -2.46. The van der Waals surface area contributed by atoms with Gasteiger partial charge in [-0.15, -0.1) is 0 Å². The highest BCUT2D eigenvalue weighted by Crippen LogP contribution is 2.42. The van der Waals surface area contributed by atoms with Crippen molar-refractivity contribution >= 4 is 5.69 Å². The molecule has 0 radical (unpaired) electrons. The van der Waals surface area contributed by atoms with Crippen LogP contribution in [0.3, 0.4) is 0 Å². The molecule has 0 saturated heterocycles. The smallest absolute Gasteiger partial charge is 0.143 e. The summed E-state index contributed by atoms with van der Waals surface area (Å²) in [6.07, 6.45) is 10.9. The highest BCUT2D eigenvalue weighted by atomic mass is 16.5. The van der Waals surface area contributed by atoms with Gasteiger partial charge in [0.2, 0.25) is 0 Å².